The van der Waals surface area contributed by atoms with Crippen molar-refractivity contribution in [3.05, 3.63) is 68.3 Å². The molecule has 0 radical (unpaired) electrons. The average Bonchev–Trinajstić information content (AvgIpc) is 2.66. The van der Waals surface area contributed by atoms with Crippen LogP contribution in [-0.4, -0.2) is 18.8 Å². The van der Waals surface area contributed by atoms with Crippen LogP contribution in [0.3, 0.4) is 0 Å². The van der Waals surface area contributed by atoms with Gasteiger partial charge in [-0.05, 0) is 47.7 Å². The third-order valence-corrected chi connectivity index (χ3v) is 6.84. The Morgan fingerprint density at radius 3 is 2.29 bits per heavy atom. The number of ether oxygens (including phenoxy) is 1. The zero-order chi connectivity index (χ0) is 22.5. The van der Waals surface area contributed by atoms with Gasteiger partial charge in [0.05, 0.1) is 17.8 Å². The normalized spacial score (nSPS) is 20.7. The predicted octanol–water partition coefficient (Wildman–Crippen LogP) is 6.82. The highest BCUT2D eigenvalue weighted by atomic mass is 35.5. The fourth-order valence-electron chi connectivity index (χ4n) is 4.60. The van der Waals surface area contributed by atoms with Crippen LogP contribution >= 0.6 is 34.8 Å². The Hall–Kier alpha value is -2.01. The van der Waals surface area contributed by atoms with Crippen LogP contribution in [0.5, 0.6) is 5.75 Å². The van der Waals surface area contributed by atoms with Gasteiger partial charge >= 0.3 is 0 Å². The van der Waals surface area contributed by atoms with Crippen molar-refractivity contribution in [2.24, 2.45) is 5.41 Å². The second-order valence-corrected chi connectivity index (χ2v) is 9.96. The number of hydrogen-bond acceptors (Lipinski definition) is 3. The minimum absolute atomic E-state index is 0.0179. The number of anilines is 1. The summed E-state index contributed by atoms with van der Waals surface area (Å²) in [6, 6.07) is 10.4. The zero-order valence-electron chi connectivity index (χ0n) is 17.5. The van der Waals surface area contributed by atoms with Crippen molar-refractivity contribution in [2.45, 2.75) is 39.0 Å². The standard InChI is InChI=1S/C24H22Cl3NO3/c1-24(2)11-18-23(19(29)12-24)14(22-15(25)5-4-6-16(22)26)10-21(30)28(18)13-7-8-20(31-3)17(27)9-13/h4-9,14H,10-12H2,1-3H3. The molecule has 0 bridgehead atoms. The van der Waals surface area contributed by atoms with Crippen LogP contribution in [0.4, 0.5) is 5.69 Å². The van der Waals surface area contributed by atoms with E-state index < -0.39 is 5.92 Å². The first-order valence-corrected chi connectivity index (χ1v) is 11.1. The Labute approximate surface area is 196 Å². The van der Waals surface area contributed by atoms with Crippen LogP contribution in [-0.2, 0) is 9.59 Å². The molecule has 0 spiro atoms. The summed E-state index contributed by atoms with van der Waals surface area (Å²) in [4.78, 5) is 28.5. The molecular weight excluding hydrogens is 457 g/mol. The number of carbonyl (C=O) groups is 2. The number of carbonyl (C=O) groups excluding carboxylic acids is 2. The molecule has 0 aromatic heterocycles. The maximum absolute atomic E-state index is 13.5. The van der Waals surface area contributed by atoms with E-state index in [0.29, 0.717) is 56.2 Å². The lowest BCUT2D eigenvalue weighted by atomic mass is 9.69. The molecule has 2 aromatic carbocycles. The number of hydrogen-bond donors (Lipinski definition) is 0. The Balaban J connectivity index is 1.93. The van der Waals surface area contributed by atoms with Crippen molar-refractivity contribution in [3.63, 3.8) is 0 Å². The number of rotatable bonds is 3. The van der Waals surface area contributed by atoms with Crippen LogP contribution in [0.1, 0.15) is 44.6 Å². The van der Waals surface area contributed by atoms with Crippen molar-refractivity contribution >= 4 is 52.2 Å². The molecule has 162 valence electrons. The molecule has 31 heavy (non-hydrogen) atoms. The highest BCUT2D eigenvalue weighted by Crippen LogP contribution is 2.50. The van der Waals surface area contributed by atoms with Gasteiger partial charge in [-0.1, -0.05) is 54.7 Å². The lowest BCUT2D eigenvalue weighted by molar-refractivity contribution is -0.121. The Kier molecular flexibility index (Phi) is 5.84. The molecule has 4 rings (SSSR count). The van der Waals surface area contributed by atoms with Crippen LogP contribution in [0.25, 0.3) is 0 Å². The summed E-state index contributed by atoms with van der Waals surface area (Å²) in [5, 5.41) is 1.30. The topological polar surface area (TPSA) is 46.6 Å². The van der Waals surface area contributed by atoms with E-state index in [2.05, 4.69) is 0 Å². The molecule has 2 aliphatic rings. The van der Waals surface area contributed by atoms with E-state index >= 15 is 0 Å². The van der Waals surface area contributed by atoms with Crippen LogP contribution in [0.2, 0.25) is 15.1 Å². The molecule has 1 aliphatic carbocycles. The van der Waals surface area contributed by atoms with Gasteiger partial charge in [-0.3, -0.25) is 14.5 Å². The Morgan fingerprint density at radius 2 is 1.68 bits per heavy atom. The lowest BCUT2D eigenvalue weighted by Crippen LogP contribution is -2.43. The first kappa shape index (κ1) is 22.2. The molecule has 4 nitrogen and oxygen atoms in total. The number of halogens is 3. The van der Waals surface area contributed by atoms with E-state index in [1.54, 1.807) is 41.3 Å². The van der Waals surface area contributed by atoms with Crippen molar-refractivity contribution in [2.75, 3.05) is 12.0 Å². The van der Waals surface area contributed by atoms with E-state index in [0.717, 1.165) is 0 Å². The van der Waals surface area contributed by atoms with Crippen molar-refractivity contribution in [1.29, 1.82) is 0 Å². The molecule has 1 amide bonds. The SMILES string of the molecule is COc1ccc(N2C(=O)CC(c3c(Cl)cccc3Cl)C3=C2CC(C)(C)CC3=O)cc1Cl. The fraction of sp³-hybridized carbons (Fsp3) is 0.333. The third-order valence-electron chi connectivity index (χ3n) is 5.88. The maximum Gasteiger partial charge on any atom is 0.232 e. The highest BCUT2D eigenvalue weighted by molar-refractivity contribution is 6.36. The van der Waals surface area contributed by atoms with Crippen molar-refractivity contribution < 1.29 is 14.3 Å². The summed E-state index contributed by atoms with van der Waals surface area (Å²) >= 11 is 19.3. The summed E-state index contributed by atoms with van der Waals surface area (Å²) in [7, 11) is 1.54. The predicted molar refractivity (Wildman–Crippen MR) is 124 cm³/mol. The summed E-state index contributed by atoms with van der Waals surface area (Å²) in [6.45, 7) is 4.06. The molecule has 0 fully saturated rings. The molecule has 1 aliphatic heterocycles. The fourth-order valence-corrected chi connectivity index (χ4v) is 5.51. The molecule has 0 saturated heterocycles. The second-order valence-electron chi connectivity index (χ2n) is 8.74. The van der Waals surface area contributed by atoms with E-state index in [9.17, 15) is 9.59 Å². The first-order valence-electron chi connectivity index (χ1n) is 9.99. The molecule has 0 N–H and O–H groups in total. The molecule has 1 heterocycles. The van der Waals surface area contributed by atoms with Crippen LogP contribution < -0.4 is 9.64 Å². The van der Waals surface area contributed by atoms with Gasteiger partial charge in [-0.2, -0.15) is 0 Å². The number of nitrogens with zero attached hydrogens (tertiary/aromatic N) is 1. The van der Waals surface area contributed by atoms with Gasteiger partial charge in [0.15, 0.2) is 5.78 Å². The van der Waals surface area contributed by atoms with E-state index in [4.69, 9.17) is 39.5 Å². The molecule has 1 atom stereocenters. The van der Waals surface area contributed by atoms with Gasteiger partial charge in [0.25, 0.3) is 0 Å². The van der Waals surface area contributed by atoms with Gasteiger partial charge in [0.1, 0.15) is 5.75 Å². The van der Waals surface area contributed by atoms with Gasteiger partial charge < -0.3 is 4.74 Å². The lowest BCUT2D eigenvalue weighted by Gasteiger charge is -2.43. The number of amides is 1. The second kappa shape index (κ2) is 8.16. The molecule has 0 saturated carbocycles. The summed E-state index contributed by atoms with van der Waals surface area (Å²) in [5.41, 5.74) is 2.27. The summed E-state index contributed by atoms with van der Waals surface area (Å²) < 4.78 is 5.24. The zero-order valence-corrected chi connectivity index (χ0v) is 19.7. The Morgan fingerprint density at radius 1 is 1.00 bits per heavy atom. The van der Waals surface area contributed by atoms with Gasteiger partial charge in [0, 0.05) is 40.1 Å². The third kappa shape index (κ3) is 3.97. The minimum Gasteiger partial charge on any atom is -0.495 e. The van der Waals surface area contributed by atoms with Crippen molar-refractivity contribution in [1.82, 2.24) is 0 Å². The smallest absolute Gasteiger partial charge is 0.232 e. The number of benzene rings is 2. The molecular formula is C24H22Cl3NO3. The van der Waals surface area contributed by atoms with E-state index in [1.807, 2.05) is 13.8 Å². The molecule has 7 heteroatoms. The monoisotopic (exact) mass is 477 g/mol. The van der Waals surface area contributed by atoms with E-state index in [1.165, 1.54) is 7.11 Å². The Bertz CT molecular complexity index is 1100. The van der Waals surface area contributed by atoms with Crippen LogP contribution in [0.15, 0.2) is 47.7 Å². The maximum atomic E-state index is 13.5. The quantitative estimate of drug-likeness (QED) is 0.486. The van der Waals surface area contributed by atoms with Crippen LogP contribution in [0, 0.1) is 5.41 Å². The van der Waals surface area contributed by atoms with Gasteiger partial charge in [-0.15, -0.1) is 0 Å². The average molecular weight is 479 g/mol. The minimum atomic E-state index is -0.475. The van der Waals surface area contributed by atoms with E-state index in [-0.39, 0.29) is 23.5 Å². The first-order chi connectivity index (χ1) is 14.6. The summed E-state index contributed by atoms with van der Waals surface area (Å²) in [5.74, 6) is -0.0714. The van der Waals surface area contributed by atoms with Gasteiger partial charge in [-0.25, -0.2) is 0 Å². The number of methoxy groups -OCH3 is 1. The number of ketones is 1. The molecule has 1 unspecified atom stereocenters. The highest BCUT2D eigenvalue weighted by Gasteiger charge is 2.45. The van der Waals surface area contributed by atoms with Gasteiger partial charge in [0.2, 0.25) is 5.91 Å². The molecule has 2 aromatic rings. The number of Topliss-reactive ketones (excluding diaryl/α,β-unsaturated/α-hetero) is 1. The summed E-state index contributed by atoms with van der Waals surface area (Å²) in [6.07, 6.45) is 1.07. The largest absolute Gasteiger partial charge is 0.495 e. The number of allylic oxidation sites excluding steroid dienone is 2. The van der Waals surface area contributed by atoms with Crippen molar-refractivity contribution in [3.8, 4) is 5.75 Å².